The Morgan fingerprint density at radius 3 is 2.55 bits per heavy atom. The zero-order valence-electron chi connectivity index (χ0n) is 6.40. The standard InChI is InChI=1S/C7H12N2O2/c10-8-11-7-5-9-3-1-6(7)2-4-9/h6-7H,1-5H2. The van der Waals surface area contributed by atoms with Gasteiger partial charge in [-0.05, 0) is 25.9 Å². The molecule has 3 saturated heterocycles. The van der Waals surface area contributed by atoms with Crippen LogP contribution in [0, 0.1) is 10.8 Å². The van der Waals surface area contributed by atoms with Gasteiger partial charge in [0.1, 0.15) is 6.10 Å². The maximum absolute atomic E-state index is 9.86. The maximum Gasteiger partial charge on any atom is 0.155 e. The van der Waals surface area contributed by atoms with Gasteiger partial charge < -0.3 is 4.84 Å². The summed E-state index contributed by atoms with van der Waals surface area (Å²) in [4.78, 5) is 16.9. The topological polar surface area (TPSA) is 41.9 Å². The molecule has 3 fully saturated rings. The van der Waals surface area contributed by atoms with Crippen LogP contribution in [0.5, 0.6) is 0 Å². The Morgan fingerprint density at radius 1 is 1.36 bits per heavy atom. The molecular formula is C7H12N2O2. The summed E-state index contributed by atoms with van der Waals surface area (Å²) in [6.45, 7) is 3.24. The predicted molar refractivity (Wildman–Crippen MR) is 39.8 cm³/mol. The van der Waals surface area contributed by atoms with Gasteiger partial charge in [-0.15, -0.1) is 4.91 Å². The summed E-state index contributed by atoms with van der Waals surface area (Å²) in [6.07, 6.45) is 2.41. The van der Waals surface area contributed by atoms with Gasteiger partial charge in [0.05, 0.1) is 0 Å². The molecule has 62 valence electrons. The number of piperidine rings is 3. The second kappa shape index (κ2) is 2.77. The molecule has 0 spiro atoms. The Hall–Kier alpha value is -0.640. The first-order valence-electron chi connectivity index (χ1n) is 4.11. The Kier molecular flexibility index (Phi) is 1.77. The fourth-order valence-corrected chi connectivity index (χ4v) is 2.09. The second-order valence-electron chi connectivity index (χ2n) is 3.36. The largest absolute Gasteiger partial charge is 0.359 e. The molecule has 0 N–H and O–H groups in total. The number of nitrogens with zero attached hydrogens (tertiary/aromatic N) is 2. The van der Waals surface area contributed by atoms with Crippen molar-refractivity contribution in [2.24, 2.45) is 11.3 Å². The van der Waals surface area contributed by atoms with Gasteiger partial charge in [-0.1, -0.05) is 0 Å². The van der Waals surface area contributed by atoms with Gasteiger partial charge >= 0.3 is 0 Å². The first kappa shape index (κ1) is 7.03. The van der Waals surface area contributed by atoms with E-state index in [1.54, 1.807) is 0 Å². The fraction of sp³-hybridized carbons (Fsp3) is 1.00. The quantitative estimate of drug-likeness (QED) is 0.438. The molecule has 0 amide bonds. The zero-order chi connectivity index (χ0) is 7.68. The van der Waals surface area contributed by atoms with Crippen molar-refractivity contribution in [1.29, 1.82) is 0 Å². The molecule has 0 aromatic rings. The van der Waals surface area contributed by atoms with Crippen molar-refractivity contribution in [3.8, 4) is 0 Å². The molecule has 0 radical (unpaired) electrons. The fourth-order valence-electron chi connectivity index (χ4n) is 2.09. The molecule has 0 saturated carbocycles. The summed E-state index contributed by atoms with van der Waals surface area (Å²) in [7, 11) is 0. The molecule has 0 aromatic carbocycles. The van der Waals surface area contributed by atoms with E-state index >= 15 is 0 Å². The molecule has 0 aromatic heterocycles. The Labute approximate surface area is 65.4 Å². The van der Waals surface area contributed by atoms with E-state index in [1.165, 1.54) is 25.9 Å². The molecule has 3 heterocycles. The van der Waals surface area contributed by atoms with Crippen LogP contribution >= 0.6 is 0 Å². The summed E-state index contributed by atoms with van der Waals surface area (Å²) in [5.74, 6) is 0.581. The summed E-state index contributed by atoms with van der Waals surface area (Å²) >= 11 is 0. The molecule has 4 heteroatoms. The molecule has 3 aliphatic heterocycles. The molecular weight excluding hydrogens is 144 g/mol. The highest BCUT2D eigenvalue weighted by molar-refractivity contribution is 4.86. The van der Waals surface area contributed by atoms with Crippen LogP contribution in [-0.4, -0.2) is 30.6 Å². The van der Waals surface area contributed by atoms with Crippen LogP contribution in [0.15, 0.2) is 5.34 Å². The van der Waals surface area contributed by atoms with E-state index in [9.17, 15) is 4.91 Å². The van der Waals surface area contributed by atoms with Gasteiger partial charge in [-0.25, -0.2) is 0 Å². The normalized spacial score (nSPS) is 42.0. The number of rotatable bonds is 2. The maximum atomic E-state index is 9.86. The molecule has 2 bridgehead atoms. The molecule has 0 aliphatic carbocycles. The van der Waals surface area contributed by atoms with Gasteiger partial charge in [-0.3, -0.25) is 4.90 Å². The van der Waals surface area contributed by atoms with E-state index in [4.69, 9.17) is 4.84 Å². The minimum Gasteiger partial charge on any atom is -0.359 e. The summed E-state index contributed by atoms with van der Waals surface area (Å²) < 4.78 is 0. The Morgan fingerprint density at radius 2 is 2.09 bits per heavy atom. The summed E-state index contributed by atoms with van der Waals surface area (Å²) in [5.41, 5.74) is 0. The van der Waals surface area contributed by atoms with Crippen LogP contribution in [0.25, 0.3) is 0 Å². The molecule has 11 heavy (non-hydrogen) atoms. The average molecular weight is 156 g/mol. The van der Waals surface area contributed by atoms with E-state index in [1.807, 2.05) is 0 Å². The molecule has 1 atom stereocenters. The number of hydrogen-bond acceptors (Lipinski definition) is 4. The van der Waals surface area contributed by atoms with Crippen molar-refractivity contribution >= 4 is 0 Å². The van der Waals surface area contributed by atoms with Gasteiger partial charge in [-0.2, -0.15) is 0 Å². The minimum atomic E-state index is 0.0787. The van der Waals surface area contributed by atoms with Crippen molar-refractivity contribution in [1.82, 2.24) is 4.90 Å². The summed E-state index contributed by atoms with van der Waals surface area (Å²) in [6, 6.07) is 0. The highest BCUT2D eigenvalue weighted by atomic mass is 16.7. The third-order valence-corrected chi connectivity index (χ3v) is 2.77. The average Bonchev–Trinajstić information content (AvgIpc) is 2.07. The van der Waals surface area contributed by atoms with Gasteiger partial charge in [0, 0.05) is 12.5 Å². The monoisotopic (exact) mass is 156 g/mol. The van der Waals surface area contributed by atoms with E-state index in [0.29, 0.717) is 5.92 Å². The van der Waals surface area contributed by atoms with Crippen LogP contribution < -0.4 is 0 Å². The van der Waals surface area contributed by atoms with E-state index in [0.717, 1.165) is 6.54 Å². The van der Waals surface area contributed by atoms with Crippen molar-refractivity contribution in [2.45, 2.75) is 18.9 Å². The molecule has 4 nitrogen and oxygen atoms in total. The lowest BCUT2D eigenvalue weighted by atomic mass is 9.86. The molecule has 1 unspecified atom stereocenters. The van der Waals surface area contributed by atoms with Gasteiger partial charge in [0.25, 0.3) is 0 Å². The van der Waals surface area contributed by atoms with E-state index in [-0.39, 0.29) is 6.10 Å². The van der Waals surface area contributed by atoms with Crippen LogP contribution in [0.3, 0.4) is 0 Å². The minimum absolute atomic E-state index is 0.0787. The molecule has 3 rings (SSSR count). The van der Waals surface area contributed by atoms with E-state index < -0.39 is 0 Å². The highest BCUT2D eigenvalue weighted by Gasteiger charge is 2.35. The lowest BCUT2D eigenvalue weighted by Crippen LogP contribution is -2.50. The predicted octanol–water partition coefficient (Wildman–Crippen LogP) is 0.779. The van der Waals surface area contributed by atoms with Gasteiger partial charge in [0.2, 0.25) is 0 Å². The van der Waals surface area contributed by atoms with Crippen molar-refractivity contribution in [3.05, 3.63) is 4.91 Å². The van der Waals surface area contributed by atoms with Gasteiger partial charge in [0.15, 0.2) is 5.34 Å². The SMILES string of the molecule is O=NOC1CN2CCC1CC2. The Bertz CT molecular complexity index is 155. The van der Waals surface area contributed by atoms with Crippen molar-refractivity contribution in [3.63, 3.8) is 0 Å². The van der Waals surface area contributed by atoms with Crippen molar-refractivity contribution < 1.29 is 4.84 Å². The summed E-state index contributed by atoms with van der Waals surface area (Å²) in [5, 5.41) is 2.50. The number of fused-ring (bicyclic) bond motifs is 3. The smallest absolute Gasteiger partial charge is 0.155 e. The van der Waals surface area contributed by atoms with Crippen LogP contribution in [0.4, 0.5) is 0 Å². The zero-order valence-corrected chi connectivity index (χ0v) is 6.40. The Balaban J connectivity index is 1.97. The van der Waals surface area contributed by atoms with Crippen LogP contribution in [0.1, 0.15) is 12.8 Å². The third-order valence-electron chi connectivity index (χ3n) is 2.77. The highest BCUT2D eigenvalue weighted by Crippen LogP contribution is 2.29. The first-order valence-corrected chi connectivity index (χ1v) is 4.11. The van der Waals surface area contributed by atoms with Crippen LogP contribution in [0.2, 0.25) is 0 Å². The number of hydrogen-bond donors (Lipinski definition) is 0. The second-order valence-corrected chi connectivity index (χ2v) is 3.36. The van der Waals surface area contributed by atoms with Crippen LogP contribution in [-0.2, 0) is 4.84 Å². The van der Waals surface area contributed by atoms with Crippen molar-refractivity contribution in [2.75, 3.05) is 19.6 Å². The van der Waals surface area contributed by atoms with E-state index in [2.05, 4.69) is 10.2 Å². The lowest BCUT2D eigenvalue weighted by molar-refractivity contribution is -0.0698. The lowest BCUT2D eigenvalue weighted by Gasteiger charge is -2.42. The third kappa shape index (κ3) is 1.22. The first-order chi connectivity index (χ1) is 5.40. The molecule has 3 aliphatic rings.